The van der Waals surface area contributed by atoms with Crippen LogP contribution in [0.4, 0.5) is 0 Å². The molecule has 5 aliphatic rings. The van der Waals surface area contributed by atoms with Crippen molar-refractivity contribution in [2.24, 2.45) is 28.6 Å². The third-order valence-corrected chi connectivity index (χ3v) is 8.72. The van der Waals surface area contributed by atoms with Crippen molar-refractivity contribution >= 4 is 5.78 Å². The van der Waals surface area contributed by atoms with Crippen LogP contribution < -0.4 is 0 Å². The first-order valence-corrected chi connectivity index (χ1v) is 10.8. The number of rotatable bonds is 2. The minimum absolute atomic E-state index is 0.0653. The van der Waals surface area contributed by atoms with E-state index in [2.05, 4.69) is 19.9 Å². The van der Waals surface area contributed by atoms with Gasteiger partial charge in [-0.2, -0.15) is 0 Å². The van der Waals surface area contributed by atoms with Crippen LogP contribution in [0.1, 0.15) is 78.1 Å². The van der Waals surface area contributed by atoms with Gasteiger partial charge in [-0.05, 0) is 93.6 Å². The molecule has 0 aromatic heterocycles. The van der Waals surface area contributed by atoms with E-state index < -0.39 is 0 Å². The molecule has 3 saturated carbocycles. The number of carbonyl (C=O) groups excluding carboxylic acids is 1. The topological polar surface area (TPSA) is 26.3 Å². The van der Waals surface area contributed by atoms with Crippen molar-refractivity contribution in [3.63, 3.8) is 0 Å². The lowest BCUT2D eigenvalue weighted by Crippen LogP contribution is -2.50. The molecule has 0 aliphatic heterocycles. The van der Waals surface area contributed by atoms with Crippen LogP contribution in [0.3, 0.4) is 0 Å². The number of hydrogen-bond donors (Lipinski definition) is 0. The smallest absolute Gasteiger partial charge is 0.182 e. The fourth-order valence-electron chi connectivity index (χ4n) is 7.29. The Balaban J connectivity index is 1.52. The Morgan fingerprint density at radius 1 is 1.00 bits per heavy atom. The van der Waals surface area contributed by atoms with Gasteiger partial charge in [0.25, 0.3) is 0 Å². The lowest BCUT2D eigenvalue weighted by atomic mass is 9.48. The average molecular weight is 353 g/mol. The van der Waals surface area contributed by atoms with Crippen LogP contribution >= 0.6 is 0 Å². The lowest BCUT2D eigenvalue weighted by molar-refractivity contribution is -0.111. The number of ketones is 1. The van der Waals surface area contributed by atoms with Gasteiger partial charge in [0, 0.05) is 12.5 Å². The molecule has 0 unspecified atom stereocenters. The van der Waals surface area contributed by atoms with Crippen LogP contribution in [0.25, 0.3) is 0 Å². The molecule has 0 heterocycles. The highest BCUT2D eigenvalue weighted by Crippen LogP contribution is 2.66. The van der Waals surface area contributed by atoms with Gasteiger partial charge in [0.05, 0.1) is 11.2 Å². The van der Waals surface area contributed by atoms with Crippen molar-refractivity contribution in [3.05, 3.63) is 35.3 Å². The SMILES string of the molecule is C[C@@]12CCC[C@H]1[C@@H]1CCC3=CC(=O)C=C(OC4=CCCC4)[C@]3(C)[C@H]1CC2. The predicted molar refractivity (Wildman–Crippen MR) is 103 cm³/mol. The van der Waals surface area contributed by atoms with E-state index >= 15 is 0 Å². The quantitative estimate of drug-likeness (QED) is 0.600. The highest BCUT2D eigenvalue weighted by molar-refractivity contribution is 6.01. The third-order valence-electron chi connectivity index (χ3n) is 8.72. The molecule has 0 bridgehead atoms. The van der Waals surface area contributed by atoms with Crippen LogP contribution in [0, 0.1) is 28.6 Å². The Hall–Kier alpha value is -1.31. The van der Waals surface area contributed by atoms with Crippen molar-refractivity contribution in [1.82, 2.24) is 0 Å². The third kappa shape index (κ3) is 2.33. The second-order valence-corrected chi connectivity index (χ2v) is 9.95. The van der Waals surface area contributed by atoms with Gasteiger partial charge in [-0.3, -0.25) is 4.79 Å². The molecule has 2 nitrogen and oxygen atoms in total. The molecule has 0 N–H and O–H groups in total. The van der Waals surface area contributed by atoms with Crippen LogP contribution in [0.5, 0.6) is 0 Å². The summed E-state index contributed by atoms with van der Waals surface area (Å²) < 4.78 is 6.44. The number of allylic oxidation sites excluding steroid dienone is 5. The summed E-state index contributed by atoms with van der Waals surface area (Å²) in [5, 5.41) is 0. The van der Waals surface area contributed by atoms with Crippen LogP contribution in [-0.4, -0.2) is 5.78 Å². The maximum atomic E-state index is 12.4. The minimum Gasteiger partial charge on any atom is -0.465 e. The molecular formula is C24H32O2. The largest absolute Gasteiger partial charge is 0.465 e. The summed E-state index contributed by atoms with van der Waals surface area (Å²) in [5.41, 5.74) is 1.85. The second kappa shape index (κ2) is 5.84. The normalized spacial score (nSPS) is 44.5. The van der Waals surface area contributed by atoms with Gasteiger partial charge < -0.3 is 4.74 Å². The Morgan fingerprint density at radius 2 is 1.88 bits per heavy atom. The molecule has 0 amide bonds. The maximum absolute atomic E-state index is 12.4. The summed E-state index contributed by atoms with van der Waals surface area (Å²) >= 11 is 0. The average Bonchev–Trinajstić information content (AvgIpc) is 3.25. The molecule has 0 aromatic carbocycles. The molecule has 3 fully saturated rings. The highest BCUT2D eigenvalue weighted by atomic mass is 16.5. The summed E-state index contributed by atoms with van der Waals surface area (Å²) in [5.74, 6) is 4.51. The van der Waals surface area contributed by atoms with E-state index in [1.54, 1.807) is 0 Å². The highest BCUT2D eigenvalue weighted by Gasteiger charge is 2.58. The molecule has 0 aromatic rings. The van der Waals surface area contributed by atoms with Gasteiger partial charge in [-0.25, -0.2) is 0 Å². The van der Waals surface area contributed by atoms with Gasteiger partial charge >= 0.3 is 0 Å². The van der Waals surface area contributed by atoms with Gasteiger partial charge in [-0.1, -0.05) is 18.9 Å². The molecule has 26 heavy (non-hydrogen) atoms. The van der Waals surface area contributed by atoms with Crippen LogP contribution in [0.15, 0.2) is 35.3 Å². The Morgan fingerprint density at radius 3 is 2.69 bits per heavy atom. The molecule has 5 aliphatic carbocycles. The fourth-order valence-corrected chi connectivity index (χ4v) is 7.29. The first kappa shape index (κ1) is 16.8. The van der Waals surface area contributed by atoms with Crippen molar-refractivity contribution in [3.8, 4) is 0 Å². The minimum atomic E-state index is -0.0653. The number of hydrogen-bond acceptors (Lipinski definition) is 2. The summed E-state index contributed by atoms with van der Waals surface area (Å²) in [6.07, 6.45) is 18.5. The first-order chi connectivity index (χ1) is 12.5. The Labute approximate surface area is 157 Å². The van der Waals surface area contributed by atoms with E-state index in [1.165, 1.54) is 50.5 Å². The van der Waals surface area contributed by atoms with Crippen molar-refractivity contribution in [2.75, 3.05) is 0 Å². The monoisotopic (exact) mass is 352 g/mol. The zero-order valence-electron chi connectivity index (χ0n) is 16.4. The fraction of sp³-hybridized carbons (Fsp3) is 0.708. The Bertz CT molecular complexity index is 726. The summed E-state index contributed by atoms with van der Waals surface area (Å²) in [7, 11) is 0. The van der Waals surface area contributed by atoms with Crippen LogP contribution in [-0.2, 0) is 9.53 Å². The van der Waals surface area contributed by atoms with Gasteiger partial charge in [0.2, 0.25) is 0 Å². The number of ether oxygens (including phenoxy) is 1. The molecule has 0 radical (unpaired) electrons. The summed E-state index contributed by atoms with van der Waals surface area (Å²) in [6.45, 7) is 4.94. The van der Waals surface area contributed by atoms with Gasteiger partial charge in [0.1, 0.15) is 5.76 Å². The molecule has 0 saturated heterocycles. The van der Waals surface area contributed by atoms with Gasteiger partial charge in [0.15, 0.2) is 5.78 Å². The number of carbonyl (C=O) groups is 1. The molecule has 0 spiro atoms. The van der Waals surface area contributed by atoms with E-state index in [4.69, 9.17) is 4.74 Å². The van der Waals surface area contributed by atoms with E-state index in [9.17, 15) is 4.79 Å². The van der Waals surface area contributed by atoms with Crippen molar-refractivity contribution in [2.45, 2.75) is 78.1 Å². The van der Waals surface area contributed by atoms with Crippen molar-refractivity contribution < 1.29 is 9.53 Å². The van der Waals surface area contributed by atoms with E-state index in [0.717, 1.165) is 42.6 Å². The molecular weight excluding hydrogens is 320 g/mol. The summed E-state index contributed by atoms with van der Waals surface area (Å²) in [4.78, 5) is 12.4. The van der Waals surface area contributed by atoms with Crippen molar-refractivity contribution in [1.29, 1.82) is 0 Å². The zero-order chi connectivity index (χ0) is 17.9. The van der Waals surface area contributed by atoms with Gasteiger partial charge in [-0.15, -0.1) is 0 Å². The summed E-state index contributed by atoms with van der Waals surface area (Å²) in [6, 6.07) is 0. The first-order valence-electron chi connectivity index (χ1n) is 10.8. The number of fused-ring (bicyclic) bond motifs is 5. The molecule has 5 atom stereocenters. The second-order valence-electron chi connectivity index (χ2n) is 9.95. The maximum Gasteiger partial charge on any atom is 0.182 e. The predicted octanol–water partition coefficient (Wildman–Crippen LogP) is 6.10. The van der Waals surface area contributed by atoms with E-state index in [0.29, 0.717) is 11.3 Å². The molecule has 2 heteroatoms. The van der Waals surface area contributed by atoms with E-state index in [-0.39, 0.29) is 11.2 Å². The molecule has 5 rings (SSSR count). The Kier molecular flexibility index (Phi) is 3.78. The standard InChI is InChI=1S/C24H32O2/c1-23-12-5-8-20(23)19-10-9-16-14-17(25)15-22(26-18-6-3-4-7-18)24(16,2)21(19)11-13-23/h6,14-15,19-21H,3-5,7-13H2,1-2H3/t19-,20-,21-,23-,24-/m0/s1. The van der Waals surface area contributed by atoms with Crippen LogP contribution in [0.2, 0.25) is 0 Å². The lowest BCUT2D eigenvalue weighted by Gasteiger charge is -2.57. The molecule has 140 valence electrons. The zero-order valence-corrected chi connectivity index (χ0v) is 16.4. The van der Waals surface area contributed by atoms with E-state index in [1.807, 2.05) is 12.2 Å².